The van der Waals surface area contributed by atoms with Gasteiger partial charge in [-0.05, 0) is 27.6 Å². The molecule has 0 fully saturated rings. The lowest BCUT2D eigenvalue weighted by Crippen LogP contribution is -2.09. The maximum Gasteiger partial charge on any atom is 0.293 e. The summed E-state index contributed by atoms with van der Waals surface area (Å²) in [7, 11) is 0. The third-order valence-corrected chi connectivity index (χ3v) is 2.77. The molecular weight excluding hydrogens is 302 g/mol. The summed E-state index contributed by atoms with van der Waals surface area (Å²) in [4.78, 5) is 10.4. The number of nitro benzene ring substituents is 1. The minimum Gasteiger partial charge on any atom is -0.318 e. The van der Waals surface area contributed by atoms with Gasteiger partial charge in [-0.2, -0.15) is 5.10 Å². The topological polar surface area (TPSA) is 99.0 Å². The van der Waals surface area contributed by atoms with E-state index in [9.17, 15) is 10.1 Å². The summed E-state index contributed by atoms with van der Waals surface area (Å²) < 4.78 is 2.54. The molecule has 1 heterocycles. The van der Waals surface area contributed by atoms with E-state index in [0.29, 0.717) is 6.54 Å². The number of anilines is 1. The van der Waals surface area contributed by atoms with Crippen molar-refractivity contribution in [3.63, 3.8) is 0 Å². The average Bonchev–Trinajstić information content (AvgIpc) is 2.74. The van der Waals surface area contributed by atoms with E-state index in [-0.39, 0.29) is 11.4 Å². The summed E-state index contributed by atoms with van der Waals surface area (Å²) >= 11 is 3.29. The van der Waals surface area contributed by atoms with Gasteiger partial charge in [0.05, 0.1) is 22.1 Å². The molecule has 0 aliphatic carbocycles. The number of nitrogens with one attached hydrogen (secondary N) is 1. The third kappa shape index (κ3) is 2.66. The first-order chi connectivity index (χ1) is 8.60. The molecule has 2 aromatic rings. The Balaban J connectivity index is 2.29. The lowest BCUT2D eigenvalue weighted by Gasteiger charge is -2.05. The van der Waals surface area contributed by atoms with Crippen LogP contribution in [0.25, 0.3) is 0 Å². The second kappa shape index (κ2) is 5.15. The van der Waals surface area contributed by atoms with Crippen LogP contribution >= 0.6 is 15.9 Å². The highest BCUT2D eigenvalue weighted by Gasteiger charge is 2.13. The molecule has 94 valence electrons. The Labute approximate surface area is 111 Å². The SMILES string of the molecule is NNc1ccc(Cn2cc(Br)cn2)cc1[N+](=O)[O-]. The van der Waals surface area contributed by atoms with Gasteiger partial charge < -0.3 is 5.43 Å². The van der Waals surface area contributed by atoms with Crippen molar-refractivity contribution < 1.29 is 4.92 Å². The van der Waals surface area contributed by atoms with Crippen molar-refractivity contribution in [1.82, 2.24) is 9.78 Å². The van der Waals surface area contributed by atoms with Crippen LogP contribution in [0.4, 0.5) is 11.4 Å². The predicted molar refractivity (Wildman–Crippen MR) is 69.9 cm³/mol. The molecule has 0 atom stereocenters. The van der Waals surface area contributed by atoms with Crippen LogP contribution in [-0.2, 0) is 6.54 Å². The summed E-state index contributed by atoms with van der Waals surface area (Å²) in [6.07, 6.45) is 3.45. The van der Waals surface area contributed by atoms with E-state index in [1.807, 2.05) is 0 Å². The molecule has 2 rings (SSSR count). The number of hydrogen-bond acceptors (Lipinski definition) is 5. The molecular formula is C10H10BrN5O2. The van der Waals surface area contributed by atoms with Crippen LogP contribution in [-0.4, -0.2) is 14.7 Å². The average molecular weight is 312 g/mol. The Morgan fingerprint density at radius 2 is 2.33 bits per heavy atom. The largest absolute Gasteiger partial charge is 0.318 e. The molecule has 0 spiro atoms. The minimum atomic E-state index is -0.475. The number of nitrogen functional groups attached to an aromatic ring is 1. The number of hydrogen-bond donors (Lipinski definition) is 2. The van der Waals surface area contributed by atoms with Gasteiger partial charge in [0.1, 0.15) is 5.69 Å². The molecule has 1 aromatic carbocycles. The lowest BCUT2D eigenvalue weighted by atomic mass is 10.1. The number of rotatable bonds is 4. The van der Waals surface area contributed by atoms with Crippen molar-refractivity contribution in [1.29, 1.82) is 0 Å². The van der Waals surface area contributed by atoms with Gasteiger partial charge in [-0.25, -0.2) is 0 Å². The smallest absolute Gasteiger partial charge is 0.293 e. The van der Waals surface area contributed by atoms with Crippen molar-refractivity contribution in [3.05, 3.63) is 50.7 Å². The second-order valence-electron chi connectivity index (χ2n) is 3.61. The van der Waals surface area contributed by atoms with Gasteiger partial charge in [0, 0.05) is 12.3 Å². The number of hydrazine groups is 1. The molecule has 8 heteroatoms. The van der Waals surface area contributed by atoms with Gasteiger partial charge in [-0.3, -0.25) is 20.6 Å². The first-order valence-corrected chi connectivity index (χ1v) is 5.81. The van der Waals surface area contributed by atoms with Crippen LogP contribution < -0.4 is 11.3 Å². The fourth-order valence-electron chi connectivity index (χ4n) is 1.56. The van der Waals surface area contributed by atoms with Gasteiger partial charge in [-0.1, -0.05) is 6.07 Å². The summed E-state index contributed by atoms with van der Waals surface area (Å²) in [5, 5.41) is 15.0. The van der Waals surface area contributed by atoms with Gasteiger partial charge in [0.15, 0.2) is 0 Å². The van der Waals surface area contributed by atoms with E-state index in [4.69, 9.17) is 5.84 Å². The maximum absolute atomic E-state index is 10.9. The monoisotopic (exact) mass is 311 g/mol. The maximum atomic E-state index is 10.9. The third-order valence-electron chi connectivity index (χ3n) is 2.36. The molecule has 0 saturated heterocycles. The molecule has 0 amide bonds. The quantitative estimate of drug-likeness (QED) is 0.510. The Kier molecular flexibility index (Phi) is 3.58. The highest BCUT2D eigenvalue weighted by atomic mass is 79.9. The van der Waals surface area contributed by atoms with Crippen molar-refractivity contribution in [2.45, 2.75) is 6.54 Å². The molecule has 1 aromatic heterocycles. The van der Waals surface area contributed by atoms with Gasteiger partial charge in [0.25, 0.3) is 5.69 Å². The van der Waals surface area contributed by atoms with Crippen LogP contribution in [0.2, 0.25) is 0 Å². The zero-order chi connectivity index (χ0) is 13.1. The fourth-order valence-corrected chi connectivity index (χ4v) is 1.89. The molecule has 0 unspecified atom stereocenters. The second-order valence-corrected chi connectivity index (χ2v) is 4.52. The molecule has 0 aliphatic rings. The highest BCUT2D eigenvalue weighted by Crippen LogP contribution is 2.25. The van der Waals surface area contributed by atoms with Gasteiger partial charge in [0.2, 0.25) is 0 Å². The summed E-state index contributed by atoms with van der Waals surface area (Å²) in [6.45, 7) is 0.456. The molecule has 0 saturated carbocycles. The van der Waals surface area contributed by atoms with Gasteiger partial charge in [-0.15, -0.1) is 0 Å². The Bertz CT molecular complexity index is 583. The highest BCUT2D eigenvalue weighted by molar-refractivity contribution is 9.10. The van der Waals surface area contributed by atoms with Crippen LogP contribution in [0.3, 0.4) is 0 Å². The zero-order valence-corrected chi connectivity index (χ0v) is 10.8. The number of halogens is 1. The standard InChI is InChI=1S/C10H10BrN5O2/c11-8-4-13-15(6-8)5-7-1-2-9(14-12)10(3-7)16(17)18/h1-4,6,14H,5,12H2. The Morgan fingerprint density at radius 3 is 2.89 bits per heavy atom. The summed E-state index contributed by atoms with van der Waals surface area (Å²) in [5.74, 6) is 5.22. The van der Waals surface area contributed by atoms with Gasteiger partial charge >= 0.3 is 0 Å². The minimum absolute atomic E-state index is 0.0544. The van der Waals surface area contributed by atoms with E-state index in [0.717, 1.165) is 10.0 Å². The van der Waals surface area contributed by atoms with Crippen LogP contribution in [0.1, 0.15) is 5.56 Å². The van der Waals surface area contributed by atoms with Crippen LogP contribution in [0.5, 0.6) is 0 Å². The number of nitro groups is 1. The Hall–Kier alpha value is -1.93. The first kappa shape index (κ1) is 12.5. The lowest BCUT2D eigenvalue weighted by molar-refractivity contribution is -0.384. The van der Waals surface area contributed by atoms with E-state index in [1.165, 1.54) is 6.07 Å². The zero-order valence-electron chi connectivity index (χ0n) is 9.21. The Morgan fingerprint density at radius 1 is 1.56 bits per heavy atom. The predicted octanol–water partition coefficient (Wildman–Crippen LogP) is 1.89. The fraction of sp³-hybridized carbons (Fsp3) is 0.100. The summed E-state index contributed by atoms with van der Waals surface area (Å²) in [6, 6.07) is 4.81. The van der Waals surface area contributed by atoms with Crippen LogP contribution in [0, 0.1) is 10.1 Å². The molecule has 7 nitrogen and oxygen atoms in total. The van der Waals surface area contributed by atoms with E-state index >= 15 is 0 Å². The number of benzene rings is 1. The van der Waals surface area contributed by atoms with Crippen molar-refractivity contribution in [3.8, 4) is 0 Å². The van der Waals surface area contributed by atoms with Crippen LogP contribution in [0.15, 0.2) is 35.1 Å². The van der Waals surface area contributed by atoms with E-state index in [2.05, 4.69) is 26.5 Å². The summed E-state index contributed by atoms with van der Waals surface area (Å²) in [5.41, 5.74) is 3.30. The molecule has 0 bridgehead atoms. The molecule has 0 aliphatic heterocycles. The molecule has 3 N–H and O–H groups in total. The molecule has 18 heavy (non-hydrogen) atoms. The van der Waals surface area contributed by atoms with Crippen molar-refractivity contribution >= 4 is 27.3 Å². The number of nitrogens with two attached hydrogens (primary N) is 1. The van der Waals surface area contributed by atoms with Crippen molar-refractivity contribution in [2.24, 2.45) is 5.84 Å². The number of aromatic nitrogens is 2. The molecule has 0 radical (unpaired) electrons. The van der Waals surface area contributed by atoms with E-state index < -0.39 is 4.92 Å². The first-order valence-electron chi connectivity index (χ1n) is 5.02. The normalized spacial score (nSPS) is 10.3. The van der Waals surface area contributed by atoms with Crippen molar-refractivity contribution in [2.75, 3.05) is 5.43 Å². The number of nitrogens with zero attached hydrogens (tertiary/aromatic N) is 3. The van der Waals surface area contributed by atoms with E-state index in [1.54, 1.807) is 29.2 Å².